The average Bonchev–Trinajstić information content (AvgIpc) is 2.46. The Kier molecular flexibility index (Phi) is 5.18. The molecule has 0 heterocycles. The molecule has 1 fully saturated rings. The highest BCUT2D eigenvalue weighted by molar-refractivity contribution is 7.89. The van der Waals surface area contributed by atoms with Crippen LogP contribution in [-0.2, 0) is 10.0 Å². The van der Waals surface area contributed by atoms with Crippen molar-refractivity contribution in [2.24, 2.45) is 0 Å². The highest BCUT2D eigenvalue weighted by Gasteiger charge is 2.18. The van der Waals surface area contributed by atoms with Crippen molar-refractivity contribution in [2.45, 2.75) is 55.9 Å². The van der Waals surface area contributed by atoms with Gasteiger partial charge in [-0.3, -0.25) is 0 Å². The summed E-state index contributed by atoms with van der Waals surface area (Å²) in [5.41, 5.74) is 1.24. The van der Waals surface area contributed by atoms with E-state index in [1.54, 1.807) is 19.1 Å². The first-order valence-corrected chi connectivity index (χ1v) is 8.75. The monoisotopic (exact) mass is 297 g/mol. The van der Waals surface area contributed by atoms with Gasteiger partial charge in [0.2, 0.25) is 10.0 Å². The van der Waals surface area contributed by atoms with Crippen molar-refractivity contribution in [3.63, 3.8) is 0 Å². The minimum atomic E-state index is -3.51. The van der Waals surface area contributed by atoms with E-state index in [0.29, 0.717) is 5.92 Å². The van der Waals surface area contributed by atoms with Crippen molar-refractivity contribution in [1.29, 1.82) is 0 Å². The number of aliphatic hydroxyl groups is 1. The molecule has 0 radical (unpaired) electrons. The second-order valence-electron chi connectivity index (χ2n) is 5.60. The molecule has 1 saturated carbocycles. The fraction of sp³-hybridized carbons (Fsp3) is 0.600. The third-order valence-corrected chi connectivity index (χ3v) is 5.28. The van der Waals surface area contributed by atoms with Gasteiger partial charge < -0.3 is 5.11 Å². The molecule has 1 aromatic rings. The van der Waals surface area contributed by atoms with Gasteiger partial charge in [-0.1, -0.05) is 31.4 Å². The first-order valence-electron chi connectivity index (χ1n) is 7.27. The summed E-state index contributed by atoms with van der Waals surface area (Å²) in [5, 5.41) is 9.15. The molecule has 2 N–H and O–H groups in total. The molecule has 1 aromatic carbocycles. The summed E-state index contributed by atoms with van der Waals surface area (Å²) >= 11 is 0. The standard InChI is InChI=1S/C15H23NO3S/c1-12(17)11-16-20(18,19)15-9-7-14(8-10-15)13-5-3-2-4-6-13/h7-10,12-13,16-17H,2-6,11H2,1H3. The van der Waals surface area contributed by atoms with Crippen LogP contribution in [0, 0.1) is 0 Å². The molecular formula is C15H23NO3S. The Hall–Kier alpha value is -0.910. The van der Waals surface area contributed by atoms with Crippen LogP contribution in [0.3, 0.4) is 0 Å². The van der Waals surface area contributed by atoms with Crippen LogP contribution in [0.1, 0.15) is 50.5 Å². The van der Waals surface area contributed by atoms with Gasteiger partial charge in [-0.15, -0.1) is 0 Å². The highest BCUT2D eigenvalue weighted by atomic mass is 32.2. The van der Waals surface area contributed by atoms with E-state index >= 15 is 0 Å². The Morgan fingerprint density at radius 3 is 2.35 bits per heavy atom. The fourth-order valence-electron chi connectivity index (χ4n) is 2.67. The fourth-order valence-corrected chi connectivity index (χ4v) is 3.79. The molecule has 2 rings (SSSR count). The lowest BCUT2D eigenvalue weighted by molar-refractivity contribution is 0.198. The summed E-state index contributed by atoms with van der Waals surface area (Å²) < 4.78 is 26.4. The second kappa shape index (κ2) is 6.70. The first-order chi connectivity index (χ1) is 9.49. The molecule has 1 atom stereocenters. The van der Waals surface area contributed by atoms with Crippen LogP contribution in [0.25, 0.3) is 0 Å². The predicted octanol–water partition coefficient (Wildman–Crippen LogP) is 2.39. The van der Waals surface area contributed by atoms with E-state index in [1.165, 1.54) is 37.7 Å². The summed E-state index contributed by atoms with van der Waals surface area (Å²) in [5.74, 6) is 0.575. The minimum absolute atomic E-state index is 0.0344. The van der Waals surface area contributed by atoms with E-state index in [-0.39, 0.29) is 11.4 Å². The maximum atomic E-state index is 12.0. The third-order valence-electron chi connectivity index (χ3n) is 3.84. The smallest absolute Gasteiger partial charge is 0.240 e. The van der Waals surface area contributed by atoms with Gasteiger partial charge in [0.1, 0.15) is 0 Å². The van der Waals surface area contributed by atoms with Crippen molar-refractivity contribution in [3.8, 4) is 0 Å². The molecule has 20 heavy (non-hydrogen) atoms. The summed E-state index contributed by atoms with van der Waals surface area (Å²) in [7, 11) is -3.51. The summed E-state index contributed by atoms with van der Waals surface area (Å²) in [4.78, 5) is 0.262. The second-order valence-corrected chi connectivity index (χ2v) is 7.37. The van der Waals surface area contributed by atoms with Gasteiger partial charge in [-0.05, 0) is 43.4 Å². The zero-order valence-electron chi connectivity index (χ0n) is 11.9. The Bertz CT molecular complexity index is 517. The molecule has 112 valence electrons. The lowest BCUT2D eigenvalue weighted by Crippen LogP contribution is -2.30. The van der Waals surface area contributed by atoms with Crippen molar-refractivity contribution in [2.75, 3.05) is 6.54 Å². The zero-order valence-corrected chi connectivity index (χ0v) is 12.7. The van der Waals surface area contributed by atoms with Crippen LogP contribution in [0.4, 0.5) is 0 Å². The largest absolute Gasteiger partial charge is 0.392 e. The number of hydrogen-bond donors (Lipinski definition) is 2. The van der Waals surface area contributed by atoms with Gasteiger partial charge >= 0.3 is 0 Å². The summed E-state index contributed by atoms with van der Waals surface area (Å²) in [6.07, 6.45) is 5.55. The number of aliphatic hydroxyl groups excluding tert-OH is 1. The number of nitrogens with one attached hydrogen (secondary N) is 1. The van der Waals surface area contributed by atoms with Crippen molar-refractivity contribution in [3.05, 3.63) is 29.8 Å². The number of rotatable bonds is 5. The van der Waals surface area contributed by atoms with Gasteiger partial charge in [-0.25, -0.2) is 13.1 Å². The van der Waals surface area contributed by atoms with Crippen molar-refractivity contribution in [1.82, 2.24) is 4.72 Å². The van der Waals surface area contributed by atoms with E-state index in [4.69, 9.17) is 5.11 Å². The summed E-state index contributed by atoms with van der Waals surface area (Å²) in [6.45, 7) is 1.58. The van der Waals surface area contributed by atoms with Crippen LogP contribution >= 0.6 is 0 Å². The maximum absolute atomic E-state index is 12.0. The molecule has 1 aliphatic rings. The Balaban J connectivity index is 2.07. The van der Waals surface area contributed by atoms with Crippen molar-refractivity contribution >= 4 is 10.0 Å². The van der Waals surface area contributed by atoms with Crippen LogP contribution < -0.4 is 4.72 Å². The van der Waals surface area contributed by atoms with Crippen LogP contribution in [-0.4, -0.2) is 26.2 Å². The van der Waals surface area contributed by atoms with Crippen molar-refractivity contribution < 1.29 is 13.5 Å². The molecule has 0 aromatic heterocycles. The lowest BCUT2D eigenvalue weighted by Gasteiger charge is -2.22. The number of hydrogen-bond acceptors (Lipinski definition) is 3. The zero-order chi connectivity index (χ0) is 14.6. The molecule has 0 amide bonds. The molecular weight excluding hydrogens is 274 g/mol. The van der Waals surface area contributed by atoms with E-state index in [9.17, 15) is 8.42 Å². The van der Waals surface area contributed by atoms with E-state index in [1.807, 2.05) is 12.1 Å². The summed E-state index contributed by atoms with van der Waals surface area (Å²) in [6, 6.07) is 7.17. The Morgan fingerprint density at radius 1 is 1.20 bits per heavy atom. The van der Waals surface area contributed by atoms with Crippen LogP contribution in [0.5, 0.6) is 0 Å². The molecule has 1 unspecified atom stereocenters. The predicted molar refractivity (Wildman–Crippen MR) is 79.1 cm³/mol. The molecule has 0 spiro atoms. The number of sulfonamides is 1. The average molecular weight is 297 g/mol. The normalized spacial score (nSPS) is 18.9. The molecule has 0 aliphatic heterocycles. The van der Waals surface area contributed by atoms with Gasteiger partial charge in [0.25, 0.3) is 0 Å². The topological polar surface area (TPSA) is 66.4 Å². The molecule has 0 saturated heterocycles. The SMILES string of the molecule is CC(O)CNS(=O)(=O)c1ccc(C2CCCCC2)cc1. The van der Waals surface area contributed by atoms with E-state index in [0.717, 1.165) is 0 Å². The van der Waals surface area contributed by atoms with E-state index in [2.05, 4.69) is 4.72 Å². The molecule has 5 heteroatoms. The minimum Gasteiger partial charge on any atom is -0.392 e. The van der Waals surface area contributed by atoms with Gasteiger partial charge in [0.05, 0.1) is 11.0 Å². The van der Waals surface area contributed by atoms with E-state index < -0.39 is 16.1 Å². The molecule has 0 bridgehead atoms. The number of benzene rings is 1. The Morgan fingerprint density at radius 2 is 1.80 bits per heavy atom. The molecule has 1 aliphatic carbocycles. The third kappa shape index (κ3) is 4.04. The highest BCUT2D eigenvalue weighted by Crippen LogP contribution is 2.32. The molecule has 4 nitrogen and oxygen atoms in total. The quantitative estimate of drug-likeness (QED) is 0.877. The van der Waals surface area contributed by atoms with Gasteiger partial charge in [0, 0.05) is 6.54 Å². The van der Waals surface area contributed by atoms with Gasteiger partial charge in [0.15, 0.2) is 0 Å². The van der Waals surface area contributed by atoms with Gasteiger partial charge in [-0.2, -0.15) is 0 Å². The lowest BCUT2D eigenvalue weighted by atomic mass is 9.84. The maximum Gasteiger partial charge on any atom is 0.240 e. The Labute approximate surface area is 121 Å². The van der Waals surface area contributed by atoms with Crippen LogP contribution in [0.2, 0.25) is 0 Å². The first kappa shape index (κ1) is 15.5. The van der Waals surface area contributed by atoms with Crippen LogP contribution in [0.15, 0.2) is 29.2 Å².